The molecule has 2 aromatic carbocycles. The normalized spacial score (nSPS) is 16.0. The van der Waals surface area contributed by atoms with Gasteiger partial charge in [-0.15, -0.1) is 0 Å². The van der Waals surface area contributed by atoms with E-state index in [0.29, 0.717) is 36.1 Å². The molecule has 168 valence electrons. The Morgan fingerprint density at radius 2 is 1.72 bits per heavy atom. The molecule has 2 aliphatic rings. The highest BCUT2D eigenvalue weighted by Gasteiger charge is 2.27. The van der Waals surface area contributed by atoms with Crippen LogP contribution < -0.4 is 9.47 Å². The summed E-state index contributed by atoms with van der Waals surface area (Å²) in [4.78, 5) is 39.8. The molecule has 1 saturated heterocycles. The molecule has 0 unspecified atom stereocenters. The maximum atomic E-state index is 13.3. The topological polar surface area (TPSA) is 72.9 Å². The largest absolute Gasteiger partial charge is 0.426 e. The van der Waals surface area contributed by atoms with Crippen LogP contribution in [0.2, 0.25) is 0 Å². The van der Waals surface area contributed by atoms with E-state index in [-0.39, 0.29) is 17.5 Å². The number of nitrogens with zero attached hydrogens (tertiary/aromatic N) is 1. The molecule has 1 aliphatic heterocycles. The number of carbonyl (C=O) groups is 3. The fourth-order valence-corrected chi connectivity index (χ4v) is 4.57. The number of rotatable bonds is 6. The molecule has 2 aromatic rings. The molecule has 1 fully saturated rings. The first kappa shape index (κ1) is 22.2. The van der Waals surface area contributed by atoms with Crippen molar-refractivity contribution in [1.29, 1.82) is 0 Å². The second-order valence-corrected chi connectivity index (χ2v) is 8.52. The molecule has 0 amide bonds. The van der Waals surface area contributed by atoms with Gasteiger partial charge in [0.15, 0.2) is 5.78 Å². The Morgan fingerprint density at radius 1 is 0.969 bits per heavy atom. The Labute approximate surface area is 188 Å². The standard InChI is InChI=1S/C26H29NO5/c1-18(28)31-23-17-21(32-24(29)10-7-15-27-13-5-2-6-14-27)16-20-12-11-19-8-3-4-9-22(19)26(30)25(20)23/h3-4,8-9,16-17H,2,5-7,10-15H2,1H3. The summed E-state index contributed by atoms with van der Waals surface area (Å²) in [6, 6.07) is 10.7. The minimum absolute atomic E-state index is 0.146. The fraction of sp³-hybridized carbons (Fsp3) is 0.423. The monoisotopic (exact) mass is 435 g/mol. The first-order chi connectivity index (χ1) is 15.5. The average Bonchev–Trinajstić information content (AvgIpc) is 2.91. The van der Waals surface area contributed by atoms with Crippen molar-refractivity contribution >= 4 is 17.7 Å². The number of hydrogen-bond donors (Lipinski definition) is 0. The molecule has 32 heavy (non-hydrogen) atoms. The molecule has 4 rings (SSSR count). The van der Waals surface area contributed by atoms with E-state index in [1.54, 1.807) is 12.1 Å². The lowest BCUT2D eigenvalue weighted by Crippen LogP contribution is -2.31. The molecular weight excluding hydrogens is 406 g/mol. The predicted molar refractivity (Wildman–Crippen MR) is 120 cm³/mol. The van der Waals surface area contributed by atoms with E-state index in [4.69, 9.17) is 9.47 Å². The van der Waals surface area contributed by atoms with E-state index >= 15 is 0 Å². The third-order valence-electron chi connectivity index (χ3n) is 6.10. The van der Waals surface area contributed by atoms with Gasteiger partial charge in [0.05, 0.1) is 5.56 Å². The number of esters is 2. The van der Waals surface area contributed by atoms with Gasteiger partial charge < -0.3 is 14.4 Å². The van der Waals surface area contributed by atoms with Crippen molar-refractivity contribution in [2.24, 2.45) is 0 Å². The van der Waals surface area contributed by atoms with E-state index in [1.165, 1.54) is 32.3 Å². The number of fused-ring (bicyclic) bond motifs is 2. The lowest BCUT2D eigenvalue weighted by molar-refractivity contribution is -0.134. The van der Waals surface area contributed by atoms with Gasteiger partial charge in [-0.3, -0.25) is 14.4 Å². The van der Waals surface area contributed by atoms with Crippen LogP contribution in [-0.2, 0) is 22.4 Å². The zero-order valence-corrected chi connectivity index (χ0v) is 18.5. The van der Waals surface area contributed by atoms with Gasteiger partial charge in [-0.05, 0) is 68.9 Å². The van der Waals surface area contributed by atoms with Gasteiger partial charge >= 0.3 is 11.9 Å². The van der Waals surface area contributed by atoms with Gasteiger partial charge in [0, 0.05) is 25.0 Å². The number of ether oxygens (including phenoxy) is 2. The van der Waals surface area contributed by atoms with E-state index in [1.807, 2.05) is 18.2 Å². The predicted octanol–water partition coefficient (Wildman–Crippen LogP) is 4.11. The summed E-state index contributed by atoms with van der Waals surface area (Å²) in [7, 11) is 0. The third kappa shape index (κ3) is 5.25. The Hall–Kier alpha value is -2.99. The summed E-state index contributed by atoms with van der Waals surface area (Å²) >= 11 is 0. The van der Waals surface area contributed by atoms with E-state index in [9.17, 15) is 14.4 Å². The van der Waals surface area contributed by atoms with Gasteiger partial charge in [0.2, 0.25) is 0 Å². The summed E-state index contributed by atoms with van der Waals surface area (Å²) in [6.45, 7) is 4.38. The number of hydrogen-bond acceptors (Lipinski definition) is 6. The molecule has 6 heteroatoms. The number of aryl methyl sites for hydroxylation is 2. The zero-order valence-electron chi connectivity index (χ0n) is 18.5. The second-order valence-electron chi connectivity index (χ2n) is 8.52. The molecule has 1 heterocycles. The second kappa shape index (κ2) is 10.1. The molecule has 1 aliphatic carbocycles. The number of piperidine rings is 1. The number of ketones is 1. The first-order valence-electron chi connectivity index (χ1n) is 11.4. The van der Waals surface area contributed by atoms with Crippen molar-refractivity contribution in [2.75, 3.05) is 19.6 Å². The summed E-state index contributed by atoms with van der Waals surface area (Å²) in [5, 5.41) is 0. The van der Waals surface area contributed by atoms with Crippen molar-refractivity contribution in [3.8, 4) is 11.5 Å². The van der Waals surface area contributed by atoms with Crippen LogP contribution in [0.15, 0.2) is 36.4 Å². The van der Waals surface area contributed by atoms with Crippen molar-refractivity contribution in [2.45, 2.75) is 51.9 Å². The maximum absolute atomic E-state index is 13.3. The van der Waals surface area contributed by atoms with Gasteiger partial charge in [0.25, 0.3) is 0 Å². The van der Waals surface area contributed by atoms with Crippen molar-refractivity contribution in [1.82, 2.24) is 4.90 Å². The molecule has 0 radical (unpaired) electrons. The summed E-state index contributed by atoms with van der Waals surface area (Å²) in [6.07, 6.45) is 6.07. The highest BCUT2D eigenvalue weighted by atomic mass is 16.5. The molecular formula is C26H29NO5. The third-order valence-corrected chi connectivity index (χ3v) is 6.10. The van der Waals surface area contributed by atoms with Crippen LogP contribution in [0.4, 0.5) is 0 Å². The smallest absolute Gasteiger partial charge is 0.311 e. The minimum Gasteiger partial charge on any atom is -0.426 e. The Morgan fingerprint density at radius 3 is 2.50 bits per heavy atom. The quantitative estimate of drug-likeness (QED) is 0.502. The Bertz CT molecular complexity index is 1020. The van der Waals surface area contributed by atoms with Crippen molar-refractivity contribution in [3.63, 3.8) is 0 Å². The average molecular weight is 436 g/mol. The molecule has 0 spiro atoms. The van der Waals surface area contributed by atoms with Crippen molar-refractivity contribution in [3.05, 3.63) is 58.7 Å². The fourth-order valence-electron chi connectivity index (χ4n) is 4.57. The lowest BCUT2D eigenvalue weighted by atomic mass is 9.97. The summed E-state index contributed by atoms with van der Waals surface area (Å²) < 4.78 is 11.0. The van der Waals surface area contributed by atoms with Crippen LogP contribution in [0.5, 0.6) is 11.5 Å². The molecule has 0 saturated carbocycles. The van der Waals surface area contributed by atoms with E-state index in [0.717, 1.165) is 37.2 Å². The number of likely N-dealkylation sites (tertiary alicyclic amines) is 1. The van der Waals surface area contributed by atoms with Gasteiger partial charge in [-0.25, -0.2) is 0 Å². The summed E-state index contributed by atoms with van der Waals surface area (Å²) in [5.74, 6) is -0.570. The number of carbonyl (C=O) groups excluding carboxylic acids is 3. The van der Waals surface area contributed by atoms with Crippen LogP contribution in [0, 0.1) is 0 Å². The van der Waals surface area contributed by atoms with Gasteiger partial charge in [-0.2, -0.15) is 0 Å². The Balaban J connectivity index is 1.51. The molecule has 0 N–H and O–H groups in total. The lowest BCUT2D eigenvalue weighted by Gasteiger charge is -2.26. The zero-order chi connectivity index (χ0) is 22.5. The van der Waals surface area contributed by atoms with Crippen LogP contribution in [0.1, 0.15) is 66.1 Å². The molecule has 0 atom stereocenters. The SMILES string of the molecule is CC(=O)Oc1cc(OC(=O)CCCN2CCCCC2)cc2c1C(=O)c1ccccc1CC2. The van der Waals surface area contributed by atoms with E-state index < -0.39 is 5.97 Å². The molecule has 6 nitrogen and oxygen atoms in total. The van der Waals surface area contributed by atoms with Crippen LogP contribution >= 0.6 is 0 Å². The molecule has 0 aromatic heterocycles. The van der Waals surface area contributed by atoms with Crippen molar-refractivity contribution < 1.29 is 23.9 Å². The minimum atomic E-state index is -0.525. The van der Waals surface area contributed by atoms with Crippen LogP contribution in [-0.4, -0.2) is 42.3 Å². The number of benzene rings is 2. The van der Waals surface area contributed by atoms with Gasteiger partial charge in [-0.1, -0.05) is 30.7 Å². The first-order valence-corrected chi connectivity index (χ1v) is 11.4. The van der Waals surface area contributed by atoms with Crippen LogP contribution in [0.25, 0.3) is 0 Å². The maximum Gasteiger partial charge on any atom is 0.311 e. The summed E-state index contributed by atoms with van der Waals surface area (Å²) in [5.41, 5.74) is 2.66. The highest BCUT2D eigenvalue weighted by molar-refractivity contribution is 6.13. The molecule has 0 bridgehead atoms. The van der Waals surface area contributed by atoms with Crippen LogP contribution in [0.3, 0.4) is 0 Å². The van der Waals surface area contributed by atoms with E-state index in [2.05, 4.69) is 4.90 Å². The van der Waals surface area contributed by atoms with Gasteiger partial charge in [0.1, 0.15) is 11.5 Å². The highest BCUT2D eigenvalue weighted by Crippen LogP contribution is 2.35. The Kier molecular flexibility index (Phi) is 7.00.